The van der Waals surface area contributed by atoms with E-state index >= 15 is 0 Å². The number of hydrogen-bond donors (Lipinski definition) is 1. The monoisotopic (exact) mass is 297 g/mol. The zero-order valence-corrected chi connectivity index (χ0v) is 11.9. The highest BCUT2D eigenvalue weighted by Crippen LogP contribution is 2.25. The van der Waals surface area contributed by atoms with Crippen molar-refractivity contribution in [1.29, 1.82) is 0 Å². The van der Waals surface area contributed by atoms with Gasteiger partial charge in [-0.3, -0.25) is 19.3 Å². The lowest BCUT2D eigenvalue weighted by Gasteiger charge is -2.10. The molecule has 20 heavy (non-hydrogen) atoms. The van der Waals surface area contributed by atoms with Crippen LogP contribution < -0.4 is 10.2 Å². The summed E-state index contributed by atoms with van der Waals surface area (Å²) in [7, 11) is 1.47. The average molecular weight is 297 g/mol. The van der Waals surface area contributed by atoms with Gasteiger partial charge in [0.25, 0.3) is 5.91 Å². The summed E-state index contributed by atoms with van der Waals surface area (Å²) in [5.41, 5.74) is 0.548. The highest BCUT2D eigenvalue weighted by molar-refractivity contribution is 7.14. The van der Waals surface area contributed by atoms with Gasteiger partial charge in [0.1, 0.15) is 0 Å². The minimum atomic E-state index is -0.516. The van der Waals surface area contributed by atoms with Crippen LogP contribution in [0.25, 0.3) is 0 Å². The van der Waals surface area contributed by atoms with Crippen LogP contribution in [-0.2, 0) is 25.5 Å². The van der Waals surface area contributed by atoms with Crippen LogP contribution in [0.3, 0.4) is 0 Å². The Labute approximate surface area is 119 Å². The summed E-state index contributed by atoms with van der Waals surface area (Å²) < 4.78 is 4.79. The second-order valence-corrected chi connectivity index (χ2v) is 5.12. The van der Waals surface area contributed by atoms with Crippen LogP contribution in [-0.4, -0.2) is 43.0 Å². The lowest BCUT2D eigenvalue weighted by Crippen LogP contribution is -2.25. The maximum Gasteiger partial charge on any atom is 0.312 e. The van der Waals surface area contributed by atoms with Gasteiger partial charge in [0, 0.05) is 25.4 Å². The molecule has 0 atom stereocenters. The van der Waals surface area contributed by atoms with Crippen molar-refractivity contribution in [1.82, 2.24) is 10.3 Å². The third-order valence-electron chi connectivity index (χ3n) is 2.81. The van der Waals surface area contributed by atoms with Gasteiger partial charge in [-0.1, -0.05) is 0 Å². The SMILES string of the molecule is CNC(=O)COC(=O)Cc1csc(N2CCCC2=O)n1. The molecule has 0 radical (unpaired) electrons. The van der Waals surface area contributed by atoms with E-state index in [-0.39, 0.29) is 24.8 Å². The van der Waals surface area contributed by atoms with Crippen molar-refractivity contribution in [3.8, 4) is 0 Å². The van der Waals surface area contributed by atoms with E-state index in [1.165, 1.54) is 18.4 Å². The fourth-order valence-corrected chi connectivity index (χ4v) is 2.64. The van der Waals surface area contributed by atoms with Gasteiger partial charge in [-0.2, -0.15) is 0 Å². The van der Waals surface area contributed by atoms with Crippen molar-refractivity contribution in [3.05, 3.63) is 11.1 Å². The number of rotatable bonds is 5. The number of carbonyl (C=O) groups excluding carboxylic acids is 3. The lowest BCUT2D eigenvalue weighted by molar-refractivity contribution is -0.147. The average Bonchev–Trinajstić information content (AvgIpc) is 3.04. The van der Waals surface area contributed by atoms with Gasteiger partial charge in [0.15, 0.2) is 11.7 Å². The number of likely N-dealkylation sites (N-methyl/N-ethyl adjacent to an activating group) is 1. The summed E-state index contributed by atoms with van der Waals surface area (Å²) in [6.07, 6.45) is 1.38. The first kappa shape index (κ1) is 14.4. The Morgan fingerprint density at radius 2 is 2.35 bits per heavy atom. The summed E-state index contributed by atoms with van der Waals surface area (Å²) in [4.78, 5) is 39.9. The molecule has 0 spiro atoms. The van der Waals surface area contributed by atoms with Crippen LogP contribution >= 0.6 is 11.3 Å². The number of amides is 2. The van der Waals surface area contributed by atoms with Gasteiger partial charge in [-0.15, -0.1) is 11.3 Å². The van der Waals surface area contributed by atoms with E-state index < -0.39 is 5.97 Å². The van der Waals surface area contributed by atoms with Crippen molar-refractivity contribution in [3.63, 3.8) is 0 Å². The second-order valence-electron chi connectivity index (χ2n) is 4.28. The zero-order valence-electron chi connectivity index (χ0n) is 11.0. The molecular formula is C12H15N3O4S. The van der Waals surface area contributed by atoms with E-state index in [1.807, 2.05) is 0 Å². The first-order valence-electron chi connectivity index (χ1n) is 6.21. The molecule has 1 saturated heterocycles. The Morgan fingerprint density at radius 1 is 1.55 bits per heavy atom. The van der Waals surface area contributed by atoms with Gasteiger partial charge in [0.05, 0.1) is 12.1 Å². The van der Waals surface area contributed by atoms with Crippen LogP contribution in [0.1, 0.15) is 18.5 Å². The van der Waals surface area contributed by atoms with E-state index in [0.29, 0.717) is 23.8 Å². The van der Waals surface area contributed by atoms with Gasteiger partial charge < -0.3 is 10.1 Å². The van der Waals surface area contributed by atoms with Crippen LogP contribution in [0, 0.1) is 0 Å². The summed E-state index contributed by atoms with van der Waals surface area (Å²) in [6, 6.07) is 0. The quantitative estimate of drug-likeness (QED) is 0.779. The largest absolute Gasteiger partial charge is 0.455 e. The molecule has 7 nitrogen and oxygen atoms in total. The van der Waals surface area contributed by atoms with E-state index in [0.717, 1.165) is 6.42 Å². The molecule has 0 saturated carbocycles. The molecule has 0 aromatic carbocycles. The summed E-state index contributed by atoms with van der Waals surface area (Å²) in [5.74, 6) is -0.814. The zero-order chi connectivity index (χ0) is 14.5. The molecule has 0 bridgehead atoms. The summed E-state index contributed by atoms with van der Waals surface area (Å²) in [6.45, 7) is 0.379. The van der Waals surface area contributed by atoms with E-state index in [1.54, 1.807) is 10.3 Å². The number of esters is 1. The number of nitrogens with one attached hydrogen (secondary N) is 1. The molecule has 1 N–H and O–H groups in total. The molecule has 0 aliphatic carbocycles. The number of aromatic nitrogens is 1. The maximum atomic E-state index is 11.6. The Bertz CT molecular complexity index is 529. The minimum absolute atomic E-state index is 0.00444. The predicted molar refractivity (Wildman–Crippen MR) is 72.4 cm³/mol. The van der Waals surface area contributed by atoms with Gasteiger partial charge in [0.2, 0.25) is 5.91 Å². The molecule has 2 heterocycles. The van der Waals surface area contributed by atoms with Crippen LogP contribution in [0.5, 0.6) is 0 Å². The Hall–Kier alpha value is -1.96. The van der Waals surface area contributed by atoms with Crippen molar-refractivity contribution in [2.45, 2.75) is 19.3 Å². The van der Waals surface area contributed by atoms with Crippen molar-refractivity contribution in [2.24, 2.45) is 0 Å². The smallest absolute Gasteiger partial charge is 0.312 e. The van der Waals surface area contributed by atoms with Crippen LogP contribution in [0.2, 0.25) is 0 Å². The molecule has 1 fully saturated rings. The van der Waals surface area contributed by atoms with Crippen molar-refractivity contribution in [2.75, 3.05) is 25.1 Å². The highest BCUT2D eigenvalue weighted by Gasteiger charge is 2.24. The number of carbonyl (C=O) groups is 3. The fraction of sp³-hybridized carbons (Fsp3) is 0.500. The number of anilines is 1. The second kappa shape index (κ2) is 6.47. The maximum absolute atomic E-state index is 11.6. The number of ether oxygens (including phenoxy) is 1. The Kier molecular flexibility index (Phi) is 4.67. The standard InChI is InChI=1S/C12H15N3O4S/c1-13-9(16)6-19-11(18)5-8-7-20-12(14-8)15-4-2-3-10(15)17/h7H,2-6H2,1H3,(H,13,16). The molecule has 108 valence electrons. The molecule has 1 aliphatic rings. The number of nitrogens with zero attached hydrogens (tertiary/aromatic N) is 2. The molecule has 0 unspecified atom stereocenters. The molecule has 8 heteroatoms. The van der Waals surface area contributed by atoms with Gasteiger partial charge >= 0.3 is 5.97 Å². The number of thiazole rings is 1. The molecule has 2 rings (SSSR count). The first-order valence-corrected chi connectivity index (χ1v) is 7.09. The Morgan fingerprint density at radius 3 is 3.00 bits per heavy atom. The van der Waals surface area contributed by atoms with Gasteiger partial charge in [-0.25, -0.2) is 4.98 Å². The molecule has 2 amide bonds. The third-order valence-corrected chi connectivity index (χ3v) is 3.72. The Balaban J connectivity index is 1.88. The topological polar surface area (TPSA) is 88.6 Å². The van der Waals surface area contributed by atoms with E-state index in [2.05, 4.69) is 10.3 Å². The predicted octanol–water partition coefficient (Wildman–Crippen LogP) is 0.102. The van der Waals surface area contributed by atoms with Gasteiger partial charge in [-0.05, 0) is 6.42 Å². The van der Waals surface area contributed by atoms with Crippen molar-refractivity contribution < 1.29 is 19.1 Å². The van der Waals surface area contributed by atoms with Crippen LogP contribution in [0.15, 0.2) is 5.38 Å². The normalized spacial score (nSPS) is 14.4. The fourth-order valence-electron chi connectivity index (χ4n) is 1.77. The molecule has 1 aromatic heterocycles. The summed E-state index contributed by atoms with van der Waals surface area (Å²) in [5, 5.41) is 4.69. The molecule has 1 aliphatic heterocycles. The molecular weight excluding hydrogens is 282 g/mol. The minimum Gasteiger partial charge on any atom is -0.455 e. The van der Waals surface area contributed by atoms with Crippen LogP contribution in [0.4, 0.5) is 5.13 Å². The van der Waals surface area contributed by atoms with E-state index in [9.17, 15) is 14.4 Å². The van der Waals surface area contributed by atoms with E-state index in [4.69, 9.17) is 4.74 Å². The molecule has 1 aromatic rings. The first-order chi connectivity index (χ1) is 9.60. The van der Waals surface area contributed by atoms with Crippen molar-refractivity contribution >= 4 is 34.3 Å². The number of hydrogen-bond acceptors (Lipinski definition) is 6. The third kappa shape index (κ3) is 3.53. The summed E-state index contributed by atoms with van der Waals surface area (Å²) >= 11 is 1.33. The lowest BCUT2D eigenvalue weighted by atomic mass is 10.3. The highest BCUT2D eigenvalue weighted by atomic mass is 32.1.